The normalized spacial score (nSPS) is 21.0. The van der Waals surface area contributed by atoms with Crippen LogP contribution in [0.25, 0.3) is 10.9 Å². The van der Waals surface area contributed by atoms with Gasteiger partial charge in [-0.05, 0) is 49.2 Å². The summed E-state index contributed by atoms with van der Waals surface area (Å²) in [7, 11) is 0. The van der Waals surface area contributed by atoms with Crippen LogP contribution >= 0.6 is 0 Å². The predicted molar refractivity (Wildman–Crippen MR) is 114 cm³/mol. The number of rotatable bonds is 3. The van der Waals surface area contributed by atoms with Crippen LogP contribution in [0.2, 0.25) is 0 Å². The Hall–Kier alpha value is -3.45. The fourth-order valence-corrected chi connectivity index (χ4v) is 4.84. The Labute approximate surface area is 172 Å². The topological polar surface area (TPSA) is 108 Å². The lowest BCUT2D eigenvalue weighted by Gasteiger charge is -2.39. The Morgan fingerprint density at radius 1 is 1.13 bits per heavy atom. The minimum atomic E-state index is -0.561. The number of nitrogens with zero attached hydrogens (tertiary/aromatic N) is 1. The molecule has 2 amide bonds. The van der Waals surface area contributed by atoms with Gasteiger partial charge in [0.1, 0.15) is 0 Å². The van der Waals surface area contributed by atoms with Gasteiger partial charge in [-0.15, -0.1) is 0 Å². The highest BCUT2D eigenvalue weighted by atomic mass is 16.2. The first-order valence-electron chi connectivity index (χ1n) is 10.1. The van der Waals surface area contributed by atoms with E-state index in [9.17, 15) is 14.4 Å². The molecule has 3 aromatic rings. The molecule has 2 aliphatic heterocycles. The quantitative estimate of drug-likeness (QED) is 0.623. The molecule has 0 saturated carbocycles. The third-order valence-corrected chi connectivity index (χ3v) is 6.26. The minimum Gasteiger partial charge on any atom is -0.366 e. The van der Waals surface area contributed by atoms with Gasteiger partial charge in [-0.1, -0.05) is 18.2 Å². The van der Waals surface area contributed by atoms with Crippen molar-refractivity contribution in [3.63, 3.8) is 0 Å². The lowest BCUT2D eigenvalue weighted by atomic mass is 9.75. The molecule has 0 aliphatic carbocycles. The van der Waals surface area contributed by atoms with Crippen LogP contribution in [0.5, 0.6) is 0 Å². The molecule has 4 N–H and O–H groups in total. The van der Waals surface area contributed by atoms with E-state index in [1.54, 1.807) is 18.2 Å². The van der Waals surface area contributed by atoms with E-state index >= 15 is 0 Å². The molecular weight excluding hydrogens is 380 g/mol. The summed E-state index contributed by atoms with van der Waals surface area (Å²) >= 11 is 0. The molecule has 5 rings (SSSR count). The molecule has 3 heterocycles. The van der Waals surface area contributed by atoms with Crippen molar-refractivity contribution in [3.8, 4) is 0 Å². The summed E-state index contributed by atoms with van der Waals surface area (Å²) in [5.41, 5.74) is 8.34. The van der Waals surface area contributed by atoms with Gasteiger partial charge in [-0.2, -0.15) is 0 Å². The first-order valence-corrected chi connectivity index (χ1v) is 10.1. The number of likely N-dealkylation sites (tertiary alicyclic amines) is 1. The van der Waals surface area contributed by atoms with Gasteiger partial charge in [0.05, 0.1) is 5.41 Å². The van der Waals surface area contributed by atoms with Gasteiger partial charge in [0.25, 0.3) is 0 Å². The molecule has 1 saturated heterocycles. The monoisotopic (exact) mass is 402 g/mol. The number of H-pyrrole nitrogens is 1. The van der Waals surface area contributed by atoms with Crippen LogP contribution in [0, 0.1) is 0 Å². The number of nitrogens with two attached hydrogens (primary N) is 1. The van der Waals surface area contributed by atoms with Crippen LogP contribution in [0.4, 0.5) is 5.69 Å². The van der Waals surface area contributed by atoms with Crippen molar-refractivity contribution in [2.45, 2.75) is 24.8 Å². The van der Waals surface area contributed by atoms with E-state index in [1.807, 2.05) is 24.3 Å². The highest BCUT2D eigenvalue weighted by molar-refractivity contribution is 6.06. The van der Waals surface area contributed by atoms with Crippen LogP contribution in [-0.2, 0) is 16.8 Å². The molecular formula is C23H22N4O3. The fourth-order valence-electron chi connectivity index (χ4n) is 4.84. The largest absolute Gasteiger partial charge is 0.366 e. The maximum absolute atomic E-state index is 12.9. The summed E-state index contributed by atoms with van der Waals surface area (Å²) in [6.45, 7) is 2.01. The number of pyridine rings is 1. The predicted octanol–water partition coefficient (Wildman–Crippen LogP) is 2.11. The molecule has 0 bridgehead atoms. The van der Waals surface area contributed by atoms with Crippen molar-refractivity contribution >= 4 is 28.4 Å². The maximum Gasteiger partial charge on any atom is 0.248 e. The molecule has 7 heteroatoms. The zero-order chi connectivity index (χ0) is 20.9. The smallest absolute Gasteiger partial charge is 0.248 e. The Balaban J connectivity index is 1.44. The molecule has 2 aliphatic rings. The SMILES string of the molecule is NC(=O)c1ccc2[nH]c(CN3CCC[C@@]4(C3)C(=O)Nc3ccccc34)cc(=O)c2c1. The van der Waals surface area contributed by atoms with Crippen molar-refractivity contribution in [3.05, 3.63) is 75.6 Å². The first kappa shape index (κ1) is 18.6. The third kappa shape index (κ3) is 2.90. The average molecular weight is 402 g/mol. The number of primary amides is 1. The zero-order valence-electron chi connectivity index (χ0n) is 16.4. The lowest BCUT2D eigenvalue weighted by molar-refractivity contribution is -0.122. The summed E-state index contributed by atoms with van der Waals surface area (Å²) in [4.78, 5) is 42.4. The van der Waals surface area contributed by atoms with Gasteiger partial charge in [-0.3, -0.25) is 19.3 Å². The van der Waals surface area contributed by atoms with E-state index in [4.69, 9.17) is 5.73 Å². The number of carbonyl (C=O) groups is 2. The Morgan fingerprint density at radius 3 is 2.80 bits per heavy atom. The Bertz CT molecular complexity index is 1250. The second-order valence-corrected chi connectivity index (χ2v) is 8.18. The second kappa shape index (κ2) is 6.81. The highest BCUT2D eigenvalue weighted by Gasteiger charge is 2.48. The number of aromatic amines is 1. The van der Waals surface area contributed by atoms with Crippen molar-refractivity contribution in [1.29, 1.82) is 0 Å². The van der Waals surface area contributed by atoms with E-state index in [2.05, 4.69) is 15.2 Å². The Kier molecular flexibility index (Phi) is 4.22. The number of aromatic nitrogens is 1. The third-order valence-electron chi connectivity index (χ3n) is 6.26. The molecule has 1 atom stereocenters. The average Bonchev–Trinajstić information content (AvgIpc) is 2.99. The number of nitrogens with one attached hydrogen (secondary N) is 2. The number of fused-ring (bicyclic) bond motifs is 3. The fraction of sp³-hybridized carbons (Fsp3) is 0.261. The first-order chi connectivity index (χ1) is 14.5. The van der Waals surface area contributed by atoms with E-state index in [0.29, 0.717) is 29.6 Å². The van der Waals surface area contributed by atoms with Gasteiger partial charge >= 0.3 is 0 Å². The summed E-state index contributed by atoms with van der Waals surface area (Å²) in [6.07, 6.45) is 1.72. The van der Waals surface area contributed by atoms with Crippen LogP contribution < -0.4 is 16.5 Å². The van der Waals surface area contributed by atoms with Crippen molar-refractivity contribution < 1.29 is 9.59 Å². The van der Waals surface area contributed by atoms with Crippen LogP contribution in [-0.4, -0.2) is 34.8 Å². The van der Waals surface area contributed by atoms with Crippen molar-refractivity contribution in [1.82, 2.24) is 9.88 Å². The van der Waals surface area contributed by atoms with Gasteiger partial charge < -0.3 is 16.0 Å². The minimum absolute atomic E-state index is 0.0550. The van der Waals surface area contributed by atoms with Crippen LogP contribution in [0.15, 0.2) is 53.3 Å². The summed E-state index contributed by atoms with van der Waals surface area (Å²) < 4.78 is 0. The number of hydrogen-bond acceptors (Lipinski definition) is 4. The molecule has 1 aromatic heterocycles. The number of carbonyl (C=O) groups excluding carboxylic acids is 2. The summed E-state index contributed by atoms with van der Waals surface area (Å²) in [6, 6.07) is 14.3. The van der Waals surface area contributed by atoms with Gasteiger partial charge in [-0.25, -0.2) is 0 Å². The molecule has 0 radical (unpaired) electrons. The molecule has 0 unspecified atom stereocenters. The molecule has 30 heavy (non-hydrogen) atoms. The second-order valence-electron chi connectivity index (χ2n) is 8.18. The van der Waals surface area contributed by atoms with E-state index < -0.39 is 11.3 Å². The van der Waals surface area contributed by atoms with Crippen molar-refractivity contribution in [2.24, 2.45) is 5.73 Å². The standard InChI is InChI=1S/C23H22N4O3/c24-21(29)14-6-7-18-16(10-14)20(28)11-15(25-18)12-27-9-3-8-23(13-27)17-4-1-2-5-19(17)26-22(23)30/h1-2,4-7,10-11H,3,8-9,12-13H2,(H2,24,29)(H,25,28)(H,26,30)/t23-/m0/s1. The van der Waals surface area contributed by atoms with Gasteiger partial charge in [0, 0.05) is 47.0 Å². The van der Waals surface area contributed by atoms with Crippen LogP contribution in [0.1, 0.15) is 34.5 Å². The van der Waals surface area contributed by atoms with Gasteiger partial charge in [0.2, 0.25) is 11.8 Å². The number of anilines is 1. The Morgan fingerprint density at radius 2 is 1.97 bits per heavy atom. The van der Waals surface area contributed by atoms with Crippen molar-refractivity contribution in [2.75, 3.05) is 18.4 Å². The van der Waals surface area contributed by atoms with E-state index in [-0.39, 0.29) is 11.3 Å². The number of amides is 2. The van der Waals surface area contributed by atoms with E-state index in [1.165, 1.54) is 6.07 Å². The number of hydrogen-bond donors (Lipinski definition) is 3. The molecule has 152 valence electrons. The summed E-state index contributed by atoms with van der Waals surface area (Å²) in [5, 5.41) is 3.47. The van der Waals surface area contributed by atoms with E-state index in [0.717, 1.165) is 36.3 Å². The highest BCUT2D eigenvalue weighted by Crippen LogP contribution is 2.43. The number of benzene rings is 2. The molecule has 1 spiro atoms. The number of para-hydroxylation sites is 1. The van der Waals surface area contributed by atoms with Gasteiger partial charge in [0.15, 0.2) is 5.43 Å². The molecule has 1 fully saturated rings. The lowest BCUT2D eigenvalue weighted by Crippen LogP contribution is -2.49. The maximum atomic E-state index is 12.9. The molecule has 2 aromatic carbocycles. The zero-order valence-corrected chi connectivity index (χ0v) is 16.4. The number of piperidine rings is 1. The van der Waals surface area contributed by atoms with Crippen LogP contribution in [0.3, 0.4) is 0 Å². The summed E-state index contributed by atoms with van der Waals surface area (Å²) in [5.74, 6) is -0.506. The molecule has 7 nitrogen and oxygen atoms in total.